The number of halogens is 1. The topological polar surface area (TPSA) is 49.4 Å². The molecule has 132 valence electrons. The van der Waals surface area contributed by atoms with Crippen LogP contribution in [0.1, 0.15) is 46.2 Å². The van der Waals surface area contributed by atoms with Crippen molar-refractivity contribution in [2.45, 2.75) is 25.9 Å². The lowest BCUT2D eigenvalue weighted by Gasteiger charge is -2.31. The van der Waals surface area contributed by atoms with E-state index in [9.17, 15) is 14.0 Å². The van der Waals surface area contributed by atoms with Gasteiger partial charge in [0, 0.05) is 11.6 Å². The normalized spacial score (nSPS) is 13.4. The van der Waals surface area contributed by atoms with Crippen LogP contribution < -0.4 is 5.32 Å². The third-order valence-corrected chi connectivity index (χ3v) is 4.15. The zero-order valence-electron chi connectivity index (χ0n) is 14.9. The number of carbonyl (C=O) groups excluding carboxylic acids is 2. The summed E-state index contributed by atoms with van der Waals surface area (Å²) in [5.74, 6) is -1.43. The van der Waals surface area contributed by atoms with E-state index in [0.29, 0.717) is 0 Å². The van der Waals surface area contributed by atoms with Gasteiger partial charge in [0.1, 0.15) is 5.82 Å². The smallest absolute Gasteiger partial charge is 0.254 e. The van der Waals surface area contributed by atoms with Crippen molar-refractivity contribution in [3.8, 4) is 0 Å². The molecule has 2 aromatic carbocycles. The van der Waals surface area contributed by atoms with E-state index in [1.165, 1.54) is 19.1 Å². The summed E-state index contributed by atoms with van der Waals surface area (Å²) >= 11 is 0. The van der Waals surface area contributed by atoms with E-state index < -0.39 is 11.7 Å². The van der Waals surface area contributed by atoms with Gasteiger partial charge < -0.3 is 10.2 Å². The molecule has 0 radical (unpaired) electrons. The van der Waals surface area contributed by atoms with Crippen LogP contribution in [0.3, 0.4) is 0 Å². The zero-order valence-corrected chi connectivity index (χ0v) is 14.9. The van der Waals surface area contributed by atoms with Crippen molar-refractivity contribution in [1.82, 2.24) is 10.2 Å². The van der Waals surface area contributed by atoms with Gasteiger partial charge in [-0.3, -0.25) is 9.59 Å². The first kappa shape index (κ1) is 18.8. The van der Waals surface area contributed by atoms with Gasteiger partial charge in [-0.25, -0.2) is 4.39 Å². The van der Waals surface area contributed by atoms with E-state index in [1.807, 2.05) is 56.3 Å². The number of nitrogens with one attached hydrogen (secondary N) is 1. The van der Waals surface area contributed by atoms with E-state index in [2.05, 4.69) is 5.32 Å². The minimum atomic E-state index is -0.696. The number of benzene rings is 2. The van der Waals surface area contributed by atoms with Crippen LogP contribution in [0.25, 0.3) is 0 Å². The van der Waals surface area contributed by atoms with Crippen LogP contribution in [0.4, 0.5) is 4.39 Å². The van der Waals surface area contributed by atoms with E-state index in [-0.39, 0.29) is 29.0 Å². The number of likely N-dealkylation sites (N-methyl/N-ethyl adjacent to an activating group) is 1. The summed E-state index contributed by atoms with van der Waals surface area (Å²) in [7, 11) is 3.87. The maximum atomic E-state index is 14.2. The monoisotopic (exact) mass is 342 g/mol. The molecule has 0 spiro atoms. The maximum absolute atomic E-state index is 14.2. The van der Waals surface area contributed by atoms with E-state index in [0.717, 1.165) is 11.6 Å². The van der Waals surface area contributed by atoms with Crippen molar-refractivity contribution in [2.24, 2.45) is 0 Å². The molecular formula is C20H23FN2O2. The average Bonchev–Trinajstić information content (AvgIpc) is 2.55. The highest BCUT2D eigenvalue weighted by Gasteiger charge is 2.24. The Morgan fingerprint density at radius 2 is 1.72 bits per heavy atom. The third kappa shape index (κ3) is 4.51. The number of ketones is 1. The van der Waals surface area contributed by atoms with Crippen LogP contribution in [0.2, 0.25) is 0 Å². The van der Waals surface area contributed by atoms with Crippen LogP contribution >= 0.6 is 0 Å². The molecule has 4 nitrogen and oxygen atoms in total. The van der Waals surface area contributed by atoms with Gasteiger partial charge in [0.05, 0.1) is 11.6 Å². The number of hydrogen-bond donors (Lipinski definition) is 1. The fraction of sp³-hybridized carbons (Fsp3) is 0.300. The summed E-state index contributed by atoms with van der Waals surface area (Å²) in [6.07, 6.45) is 0. The first-order valence-corrected chi connectivity index (χ1v) is 8.14. The Morgan fingerprint density at radius 1 is 1.08 bits per heavy atom. The quantitative estimate of drug-likeness (QED) is 0.818. The van der Waals surface area contributed by atoms with Crippen LogP contribution in [0.5, 0.6) is 0 Å². The highest BCUT2D eigenvalue weighted by Crippen LogP contribution is 2.22. The molecule has 1 amide bonds. The highest BCUT2D eigenvalue weighted by atomic mass is 19.1. The van der Waals surface area contributed by atoms with Gasteiger partial charge in [0.25, 0.3) is 5.91 Å². The van der Waals surface area contributed by atoms with Crippen LogP contribution in [0.15, 0.2) is 48.5 Å². The lowest BCUT2D eigenvalue weighted by Crippen LogP contribution is -2.42. The maximum Gasteiger partial charge on any atom is 0.254 e. The summed E-state index contributed by atoms with van der Waals surface area (Å²) in [4.78, 5) is 25.8. The molecule has 0 aliphatic carbocycles. The SMILES string of the molecule is CC(=O)c1ccc(C(=O)N[C@@H](C)[C@@H](c2ccccc2)N(C)C)c(F)c1. The summed E-state index contributed by atoms with van der Waals surface area (Å²) < 4.78 is 14.2. The standard InChI is InChI=1S/C20H23FN2O2/c1-13(19(23(3)4)15-8-6-5-7-9-15)22-20(25)17-11-10-16(14(2)24)12-18(17)21/h5-13,19H,1-4H3,(H,22,25)/t13-,19-/m0/s1. The Labute approximate surface area is 147 Å². The molecule has 0 fully saturated rings. The van der Waals surface area contributed by atoms with Gasteiger partial charge in [0.2, 0.25) is 0 Å². The Bertz CT molecular complexity index is 760. The van der Waals surface area contributed by atoms with E-state index in [4.69, 9.17) is 0 Å². The Morgan fingerprint density at radius 3 is 2.24 bits per heavy atom. The van der Waals surface area contributed by atoms with Crippen LogP contribution in [-0.2, 0) is 0 Å². The molecule has 5 heteroatoms. The van der Waals surface area contributed by atoms with Crippen molar-refractivity contribution in [3.05, 3.63) is 71.0 Å². The summed E-state index contributed by atoms with van der Waals surface area (Å²) in [6.45, 7) is 3.25. The van der Waals surface area contributed by atoms with E-state index in [1.54, 1.807) is 0 Å². The van der Waals surface area contributed by atoms with Gasteiger partial charge in [-0.1, -0.05) is 36.4 Å². The number of carbonyl (C=O) groups is 2. The minimum Gasteiger partial charge on any atom is -0.348 e. The molecule has 2 atom stereocenters. The van der Waals surface area contributed by atoms with Gasteiger partial charge in [-0.15, -0.1) is 0 Å². The Kier molecular flexibility index (Phi) is 6.04. The molecule has 0 saturated carbocycles. The first-order chi connectivity index (χ1) is 11.8. The summed E-state index contributed by atoms with van der Waals surface area (Å²) in [5.41, 5.74) is 1.24. The molecule has 0 saturated heterocycles. The number of Topliss-reactive ketones (excluding diaryl/α,β-unsaturated/α-hetero) is 1. The molecule has 0 aliphatic heterocycles. The van der Waals surface area contributed by atoms with Gasteiger partial charge in [-0.05, 0) is 45.6 Å². The molecular weight excluding hydrogens is 319 g/mol. The van der Waals surface area contributed by atoms with Gasteiger partial charge >= 0.3 is 0 Å². The second-order valence-electron chi connectivity index (χ2n) is 6.33. The minimum absolute atomic E-state index is 0.0512. The van der Waals surface area contributed by atoms with E-state index >= 15 is 0 Å². The number of nitrogens with zero attached hydrogens (tertiary/aromatic N) is 1. The number of hydrogen-bond acceptors (Lipinski definition) is 3. The molecule has 0 heterocycles. The molecule has 1 N–H and O–H groups in total. The van der Waals surface area contributed by atoms with Gasteiger partial charge in [-0.2, -0.15) is 0 Å². The molecule has 2 aromatic rings. The third-order valence-electron chi connectivity index (χ3n) is 4.15. The van der Waals surface area contributed by atoms with Crippen LogP contribution in [0, 0.1) is 5.82 Å². The first-order valence-electron chi connectivity index (χ1n) is 8.14. The molecule has 25 heavy (non-hydrogen) atoms. The van der Waals surface area contributed by atoms with Crippen molar-refractivity contribution in [1.29, 1.82) is 0 Å². The van der Waals surface area contributed by atoms with Crippen LogP contribution in [-0.4, -0.2) is 36.7 Å². The van der Waals surface area contributed by atoms with Crippen molar-refractivity contribution in [2.75, 3.05) is 14.1 Å². The molecule has 2 rings (SSSR count). The lowest BCUT2D eigenvalue weighted by atomic mass is 9.99. The van der Waals surface area contributed by atoms with Crippen molar-refractivity contribution in [3.63, 3.8) is 0 Å². The summed E-state index contributed by atoms with van der Waals surface area (Å²) in [5, 5.41) is 2.86. The number of rotatable bonds is 6. The molecule has 0 unspecified atom stereocenters. The summed E-state index contributed by atoms with van der Waals surface area (Å²) in [6, 6.07) is 13.4. The fourth-order valence-electron chi connectivity index (χ4n) is 2.97. The van der Waals surface area contributed by atoms with Crippen molar-refractivity contribution < 1.29 is 14.0 Å². The Balaban J connectivity index is 2.20. The lowest BCUT2D eigenvalue weighted by molar-refractivity contribution is 0.0909. The Hall–Kier alpha value is -2.53. The fourth-order valence-corrected chi connectivity index (χ4v) is 2.97. The number of amides is 1. The predicted molar refractivity (Wildman–Crippen MR) is 96.2 cm³/mol. The predicted octanol–water partition coefficient (Wildman–Crippen LogP) is 3.45. The second kappa shape index (κ2) is 8.03. The molecule has 0 bridgehead atoms. The molecule has 0 aliphatic rings. The average molecular weight is 342 g/mol. The second-order valence-corrected chi connectivity index (χ2v) is 6.33. The largest absolute Gasteiger partial charge is 0.348 e. The highest BCUT2D eigenvalue weighted by molar-refractivity contribution is 5.98. The van der Waals surface area contributed by atoms with Crippen molar-refractivity contribution >= 4 is 11.7 Å². The zero-order chi connectivity index (χ0) is 18.6. The van der Waals surface area contributed by atoms with Gasteiger partial charge in [0.15, 0.2) is 5.78 Å². The molecule has 0 aromatic heterocycles.